The topological polar surface area (TPSA) is 79.2 Å². The van der Waals surface area contributed by atoms with Gasteiger partial charge in [0.15, 0.2) is 5.78 Å². The Hall–Kier alpha value is -3.13. The second-order valence-electron chi connectivity index (χ2n) is 6.32. The molecule has 0 radical (unpaired) electrons. The Morgan fingerprint density at radius 1 is 1.25 bits per heavy atom. The second-order valence-corrected chi connectivity index (χ2v) is 6.32. The van der Waals surface area contributed by atoms with Crippen molar-refractivity contribution in [2.45, 2.75) is 25.9 Å². The first-order valence-corrected chi connectivity index (χ1v) is 7.56. The van der Waals surface area contributed by atoms with Crippen LogP contribution in [0.4, 0.5) is 5.69 Å². The first kappa shape index (κ1) is 15.8. The van der Waals surface area contributed by atoms with Gasteiger partial charge in [-0.25, -0.2) is 0 Å². The SMILES string of the molecule is CC1(C)CC(=O)c2cc(NC(=O)c3cccc(C#N)c3)ccc2O1. The molecule has 3 rings (SSSR count). The van der Waals surface area contributed by atoms with Crippen LogP contribution in [0.5, 0.6) is 5.75 Å². The molecule has 1 aliphatic rings. The number of Topliss-reactive ketones (excluding diaryl/α,β-unsaturated/α-hetero) is 1. The van der Waals surface area contributed by atoms with E-state index in [-0.39, 0.29) is 11.7 Å². The number of ketones is 1. The molecule has 0 saturated heterocycles. The third-order valence-corrected chi connectivity index (χ3v) is 3.76. The van der Waals surface area contributed by atoms with Gasteiger partial charge in [0, 0.05) is 11.3 Å². The lowest BCUT2D eigenvalue weighted by Crippen LogP contribution is -2.35. The predicted octanol–water partition coefficient (Wildman–Crippen LogP) is 3.55. The summed E-state index contributed by atoms with van der Waals surface area (Å²) in [5, 5.41) is 11.6. The number of benzene rings is 2. The lowest BCUT2D eigenvalue weighted by Gasteiger charge is -2.31. The van der Waals surface area contributed by atoms with Crippen LogP contribution in [0.2, 0.25) is 0 Å². The third-order valence-electron chi connectivity index (χ3n) is 3.76. The van der Waals surface area contributed by atoms with Crippen LogP contribution in [0.15, 0.2) is 42.5 Å². The van der Waals surface area contributed by atoms with Crippen LogP contribution in [-0.2, 0) is 0 Å². The molecule has 0 unspecified atom stereocenters. The second kappa shape index (κ2) is 5.82. The minimum Gasteiger partial charge on any atom is -0.487 e. The molecule has 1 amide bonds. The summed E-state index contributed by atoms with van der Waals surface area (Å²) in [5.74, 6) is 0.182. The fourth-order valence-corrected chi connectivity index (χ4v) is 2.66. The average molecular weight is 320 g/mol. The lowest BCUT2D eigenvalue weighted by atomic mass is 9.93. The maximum absolute atomic E-state index is 12.3. The first-order chi connectivity index (χ1) is 11.4. The van der Waals surface area contributed by atoms with Crippen molar-refractivity contribution in [2.75, 3.05) is 5.32 Å². The van der Waals surface area contributed by atoms with Crippen LogP contribution < -0.4 is 10.1 Å². The van der Waals surface area contributed by atoms with Gasteiger partial charge in [-0.2, -0.15) is 5.26 Å². The van der Waals surface area contributed by atoms with Crippen LogP contribution >= 0.6 is 0 Å². The molecular formula is C19H16N2O3. The van der Waals surface area contributed by atoms with Crippen molar-refractivity contribution in [3.05, 3.63) is 59.2 Å². The van der Waals surface area contributed by atoms with E-state index in [4.69, 9.17) is 10.00 Å². The van der Waals surface area contributed by atoms with Gasteiger partial charge in [0.2, 0.25) is 0 Å². The van der Waals surface area contributed by atoms with E-state index in [9.17, 15) is 9.59 Å². The van der Waals surface area contributed by atoms with Gasteiger partial charge >= 0.3 is 0 Å². The van der Waals surface area contributed by atoms with Crippen molar-refractivity contribution in [3.63, 3.8) is 0 Å². The normalized spacial score (nSPS) is 15.0. The zero-order valence-electron chi connectivity index (χ0n) is 13.4. The number of anilines is 1. The summed E-state index contributed by atoms with van der Waals surface area (Å²) >= 11 is 0. The summed E-state index contributed by atoms with van der Waals surface area (Å²) in [4.78, 5) is 24.6. The van der Waals surface area contributed by atoms with Gasteiger partial charge in [0.25, 0.3) is 5.91 Å². The molecule has 1 heterocycles. The Balaban J connectivity index is 1.84. The molecule has 2 aromatic carbocycles. The molecule has 1 N–H and O–H groups in total. The summed E-state index contributed by atoms with van der Waals surface area (Å²) in [6.07, 6.45) is 0.293. The number of nitrogens with one attached hydrogen (secondary N) is 1. The van der Waals surface area contributed by atoms with Crippen LogP contribution in [0.1, 0.15) is 46.5 Å². The van der Waals surface area contributed by atoms with Gasteiger partial charge in [-0.1, -0.05) is 6.07 Å². The molecule has 1 aliphatic heterocycles. The van der Waals surface area contributed by atoms with Crippen LogP contribution in [-0.4, -0.2) is 17.3 Å². The van der Waals surface area contributed by atoms with E-state index in [1.54, 1.807) is 36.4 Å². The maximum atomic E-state index is 12.3. The smallest absolute Gasteiger partial charge is 0.255 e. The van der Waals surface area contributed by atoms with Crippen LogP contribution in [0.3, 0.4) is 0 Å². The molecule has 0 aliphatic carbocycles. The highest BCUT2D eigenvalue weighted by Gasteiger charge is 2.32. The lowest BCUT2D eigenvalue weighted by molar-refractivity contribution is 0.0620. The largest absolute Gasteiger partial charge is 0.487 e. The molecule has 0 fully saturated rings. The molecule has 2 aromatic rings. The third kappa shape index (κ3) is 3.13. The Bertz CT molecular complexity index is 878. The zero-order valence-corrected chi connectivity index (χ0v) is 13.4. The fourth-order valence-electron chi connectivity index (χ4n) is 2.66. The Kier molecular flexibility index (Phi) is 3.82. The van der Waals surface area contributed by atoms with Crippen molar-refractivity contribution in [1.82, 2.24) is 0 Å². The number of carbonyl (C=O) groups is 2. The van der Waals surface area contributed by atoms with E-state index in [2.05, 4.69) is 5.32 Å². The number of carbonyl (C=O) groups excluding carboxylic acids is 2. The number of hydrogen-bond donors (Lipinski definition) is 1. The monoisotopic (exact) mass is 320 g/mol. The number of amides is 1. The van der Waals surface area contributed by atoms with E-state index < -0.39 is 5.60 Å². The Morgan fingerprint density at radius 2 is 2.04 bits per heavy atom. The van der Waals surface area contributed by atoms with Crippen LogP contribution in [0.25, 0.3) is 0 Å². The van der Waals surface area contributed by atoms with Crippen molar-refractivity contribution in [1.29, 1.82) is 5.26 Å². The number of fused-ring (bicyclic) bond motifs is 1. The average Bonchev–Trinajstić information content (AvgIpc) is 2.54. The highest BCUT2D eigenvalue weighted by molar-refractivity contribution is 6.06. The summed E-state index contributed by atoms with van der Waals surface area (Å²) in [6, 6.07) is 13.4. The molecule has 0 aromatic heterocycles. The number of rotatable bonds is 2. The fraction of sp³-hybridized carbons (Fsp3) is 0.211. The summed E-state index contributed by atoms with van der Waals surface area (Å²) in [7, 11) is 0. The number of hydrogen-bond acceptors (Lipinski definition) is 4. The molecule has 5 heteroatoms. The molecule has 120 valence electrons. The van der Waals surface area contributed by atoms with Gasteiger partial charge in [0.1, 0.15) is 11.4 Å². The van der Waals surface area contributed by atoms with E-state index >= 15 is 0 Å². The molecule has 0 spiro atoms. The summed E-state index contributed by atoms with van der Waals surface area (Å²) in [5.41, 5.74) is 1.26. The van der Waals surface area contributed by atoms with E-state index in [1.165, 1.54) is 6.07 Å². The quantitative estimate of drug-likeness (QED) is 0.917. The van der Waals surface area contributed by atoms with Gasteiger partial charge < -0.3 is 10.1 Å². The van der Waals surface area contributed by atoms with Gasteiger partial charge in [-0.15, -0.1) is 0 Å². The molecule has 0 saturated carbocycles. The number of ether oxygens (including phenoxy) is 1. The van der Waals surface area contributed by atoms with Gasteiger partial charge in [0.05, 0.1) is 23.6 Å². The van der Waals surface area contributed by atoms with Crippen molar-refractivity contribution in [2.24, 2.45) is 0 Å². The minimum absolute atomic E-state index is 0.0103. The molecule has 0 bridgehead atoms. The molecule has 0 atom stereocenters. The number of nitriles is 1. The molecule has 5 nitrogen and oxygen atoms in total. The van der Waals surface area contributed by atoms with E-state index in [0.717, 1.165) is 0 Å². The van der Waals surface area contributed by atoms with Gasteiger partial charge in [-0.3, -0.25) is 9.59 Å². The molecular weight excluding hydrogens is 304 g/mol. The van der Waals surface area contributed by atoms with Crippen LogP contribution in [0, 0.1) is 11.3 Å². The van der Waals surface area contributed by atoms with Crippen molar-refractivity contribution < 1.29 is 14.3 Å². The standard InChI is InChI=1S/C19H16N2O3/c1-19(2)10-16(22)15-9-14(6-7-17(15)24-19)21-18(23)13-5-3-4-12(8-13)11-20/h3-9H,10H2,1-2H3,(H,21,23). The summed E-state index contributed by atoms with van der Waals surface area (Å²) in [6.45, 7) is 3.73. The van der Waals surface area contributed by atoms with E-state index in [0.29, 0.717) is 34.5 Å². The van der Waals surface area contributed by atoms with Crippen molar-refractivity contribution in [3.8, 4) is 11.8 Å². The maximum Gasteiger partial charge on any atom is 0.255 e. The highest BCUT2D eigenvalue weighted by atomic mass is 16.5. The molecule has 24 heavy (non-hydrogen) atoms. The Morgan fingerprint density at radius 3 is 2.79 bits per heavy atom. The zero-order chi connectivity index (χ0) is 17.3. The Labute approximate surface area is 139 Å². The minimum atomic E-state index is -0.521. The summed E-state index contributed by atoms with van der Waals surface area (Å²) < 4.78 is 5.79. The van der Waals surface area contributed by atoms with Gasteiger partial charge in [-0.05, 0) is 50.2 Å². The predicted molar refractivity (Wildman–Crippen MR) is 89.2 cm³/mol. The first-order valence-electron chi connectivity index (χ1n) is 7.56. The number of nitrogens with zero attached hydrogens (tertiary/aromatic N) is 1. The van der Waals surface area contributed by atoms with E-state index in [1.807, 2.05) is 19.9 Å². The highest BCUT2D eigenvalue weighted by Crippen LogP contribution is 2.34. The van der Waals surface area contributed by atoms with Crippen molar-refractivity contribution >= 4 is 17.4 Å².